The van der Waals surface area contributed by atoms with Gasteiger partial charge >= 0.3 is 6.72 Å². The Bertz CT molecular complexity index is 205. The van der Waals surface area contributed by atoms with E-state index in [9.17, 15) is 8.96 Å². The second kappa shape index (κ2) is 6.76. The van der Waals surface area contributed by atoms with Gasteiger partial charge in [0.15, 0.2) is 0 Å². The van der Waals surface area contributed by atoms with Crippen LogP contribution in [0.1, 0.15) is 6.92 Å². The molecule has 0 saturated carbocycles. The zero-order valence-corrected chi connectivity index (χ0v) is 10.1. The van der Waals surface area contributed by atoms with Crippen LogP contribution in [-0.2, 0) is 9.09 Å². The van der Waals surface area contributed by atoms with Gasteiger partial charge in [-0.25, -0.2) is 0 Å². The van der Waals surface area contributed by atoms with E-state index < -0.39 is 13.4 Å². The summed E-state index contributed by atoms with van der Waals surface area (Å²) in [4.78, 5) is 0. The molecule has 0 bridgehead atoms. The lowest BCUT2D eigenvalue weighted by atomic mass is 10.9. The number of thiocarbonyl (C=S) groups is 1. The first kappa shape index (κ1) is 13.4. The topological polar surface area (TPSA) is 29.5 Å². The molecule has 1 unspecified atom stereocenters. The van der Waals surface area contributed by atoms with Crippen LogP contribution in [0.2, 0.25) is 0 Å². The molecule has 0 fully saturated rings. The number of alkyl halides is 1. The van der Waals surface area contributed by atoms with Gasteiger partial charge in [0.25, 0.3) is 0 Å². The molecule has 1 atom stereocenters. The van der Waals surface area contributed by atoms with Crippen molar-refractivity contribution in [2.45, 2.75) is 6.92 Å². The summed E-state index contributed by atoms with van der Waals surface area (Å²) in [6.45, 7) is -1.44. The highest BCUT2D eigenvalue weighted by Gasteiger charge is 2.27. The predicted octanol–water partition coefficient (Wildman–Crippen LogP) is 2.72. The number of rotatable bonds is 7. The molecule has 0 amide bonds. The van der Waals surface area contributed by atoms with Crippen molar-refractivity contribution in [2.75, 3.05) is 26.1 Å². The van der Waals surface area contributed by atoms with Gasteiger partial charge in [0.05, 0.1) is 18.8 Å². The normalized spacial score (nSPS) is 15.0. The molecule has 0 N–H and O–H groups in total. The molecule has 0 aliphatic heterocycles. The molecule has 7 heteroatoms. The van der Waals surface area contributed by atoms with Gasteiger partial charge < -0.3 is 4.52 Å². The van der Waals surface area contributed by atoms with Crippen LogP contribution >= 0.6 is 30.3 Å². The summed E-state index contributed by atoms with van der Waals surface area (Å²) < 4.78 is 30.2. The van der Waals surface area contributed by atoms with E-state index in [1.165, 1.54) is 10.2 Å². The molecule has 0 heterocycles. The maximum absolute atomic E-state index is 11.9. The third kappa shape index (κ3) is 4.40. The van der Waals surface area contributed by atoms with Gasteiger partial charge in [0, 0.05) is 12.8 Å². The van der Waals surface area contributed by atoms with Crippen molar-refractivity contribution in [1.29, 1.82) is 0 Å². The fourth-order valence-corrected chi connectivity index (χ4v) is 4.45. The maximum Gasteiger partial charge on any atom is 0.353 e. The zero-order valence-electron chi connectivity index (χ0n) is 7.60. The molecular weight excluding hydrogens is 232 g/mol. The van der Waals surface area contributed by atoms with Crippen LogP contribution in [0.5, 0.6) is 0 Å². The van der Waals surface area contributed by atoms with Crippen LogP contribution < -0.4 is 0 Å². The first-order chi connectivity index (χ1) is 6.10. The Labute approximate surface area is 87.3 Å². The quantitative estimate of drug-likeness (QED) is 0.508. The van der Waals surface area contributed by atoms with Crippen molar-refractivity contribution in [1.82, 2.24) is 4.67 Å². The molecule has 13 heavy (non-hydrogen) atoms. The Kier molecular flexibility index (Phi) is 6.95. The lowest BCUT2D eigenvalue weighted by Crippen LogP contribution is -2.12. The predicted molar refractivity (Wildman–Crippen MR) is 59.1 cm³/mol. The third-order valence-electron chi connectivity index (χ3n) is 1.16. The van der Waals surface area contributed by atoms with Crippen LogP contribution in [0.25, 0.3) is 0 Å². The summed E-state index contributed by atoms with van der Waals surface area (Å²) in [6.07, 6.45) is 0. The minimum atomic E-state index is -2.98. The molecular formula is C6H13FNO2PS2. The summed E-state index contributed by atoms with van der Waals surface area (Å²) in [5.41, 5.74) is 1.25. The smallest absolute Gasteiger partial charge is 0.306 e. The van der Waals surface area contributed by atoms with Crippen LogP contribution in [0, 0.1) is 0 Å². The summed E-state index contributed by atoms with van der Waals surface area (Å²) in [5, 5.41) is 0. The van der Waals surface area contributed by atoms with E-state index >= 15 is 0 Å². The molecule has 0 spiro atoms. The monoisotopic (exact) mass is 245 g/mol. The molecule has 0 aromatic heterocycles. The third-order valence-corrected chi connectivity index (χ3v) is 6.39. The van der Waals surface area contributed by atoms with Gasteiger partial charge in [-0.3, -0.25) is 13.6 Å². The minimum Gasteiger partial charge on any atom is -0.306 e. The van der Waals surface area contributed by atoms with Crippen molar-refractivity contribution in [3.05, 3.63) is 0 Å². The van der Waals surface area contributed by atoms with E-state index in [0.717, 1.165) is 11.4 Å². The van der Waals surface area contributed by atoms with Gasteiger partial charge in [-0.05, 0) is 18.3 Å². The summed E-state index contributed by atoms with van der Waals surface area (Å²) in [5.74, 6) is 0.158. The van der Waals surface area contributed by atoms with Gasteiger partial charge in [0.2, 0.25) is 0 Å². The zero-order chi connectivity index (χ0) is 10.3. The maximum atomic E-state index is 11.9. The highest BCUT2D eigenvalue weighted by molar-refractivity contribution is 8.56. The number of hydrogen-bond acceptors (Lipinski definition) is 4. The van der Waals surface area contributed by atoms with Crippen LogP contribution in [-0.4, -0.2) is 36.2 Å². The highest BCUT2D eigenvalue weighted by atomic mass is 32.7. The lowest BCUT2D eigenvalue weighted by molar-refractivity contribution is 0.325. The van der Waals surface area contributed by atoms with E-state index in [4.69, 9.17) is 4.52 Å². The summed E-state index contributed by atoms with van der Waals surface area (Å²) >= 11 is 5.60. The van der Waals surface area contributed by atoms with E-state index in [1.54, 1.807) is 14.0 Å². The Balaban J connectivity index is 4.32. The van der Waals surface area contributed by atoms with Crippen LogP contribution in [0.4, 0.5) is 4.39 Å². The molecule has 0 saturated heterocycles. The van der Waals surface area contributed by atoms with E-state index in [1.807, 2.05) is 0 Å². The van der Waals surface area contributed by atoms with Crippen molar-refractivity contribution in [3.8, 4) is 0 Å². The molecule has 78 valence electrons. The van der Waals surface area contributed by atoms with Crippen molar-refractivity contribution < 1.29 is 13.5 Å². The Morgan fingerprint density at radius 2 is 2.38 bits per heavy atom. The second-order valence-corrected chi connectivity index (χ2v) is 6.95. The Morgan fingerprint density at radius 3 is 2.77 bits per heavy atom. The minimum absolute atomic E-state index is 0.158. The number of halogens is 1. The summed E-state index contributed by atoms with van der Waals surface area (Å²) in [6, 6.07) is 0. The van der Waals surface area contributed by atoms with E-state index in [-0.39, 0.29) is 5.75 Å². The fraction of sp³-hybridized carbons (Fsp3) is 0.833. The average Bonchev–Trinajstić information content (AvgIpc) is 2.14. The number of nitrogens with zero attached hydrogens (tertiary/aromatic N) is 1. The molecule has 0 radical (unpaired) electrons. The van der Waals surface area contributed by atoms with Gasteiger partial charge in [-0.1, -0.05) is 12.2 Å². The van der Waals surface area contributed by atoms with E-state index in [2.05, 4.69) is 12.2 Å². The van der Waals surface area contributed by atoms with Gasteiger partial charge in [-0.2, -0.15) is 0 Å². The van der Waals surface area contributed by atoms with Crippen molar-refractivity contribution in [3.63, 3.8) is 0 Å². The van der Waals surface area contributed by atoms with Crippen molar-refractivity contribution >= 4 is 35.8 Å². The Hall–Kier alpha value is 0.360. The molecule has 0 aromatic rings. The van der Waals surface area contributed by atoms with E-state index in [0.29, 0.717) is 6.61 Å². The SMILES string of the molecule is CCOP(=O)(SCCF)N(C)C=S. The highest BCUT2D eigenvalue weighted by Crippen LogP contribution is 2.60. The summed E-state index contributed by atoms with van der Waals surface area (Å²) in [7, 11) is 1.56. The van der Waals surface area contributed by atoms with Crippen LogP contribution in [0.15, 0.2) is 0 Å². The molecule has 3 nitrogen and oxygen atoms in total. The van der Waals surface area contributed by atoms with Gasteiger partial charge in [-0.15, -0.1) is 0 Å². The molecule has 0 aliphatic rings. The molecule has 0 aromatic carbocycles. The average molecular weight is 245 g/mol. The fourth-order valence-electron chi connectivity index (χ4n) is 0.590. The standard InChI is InChI=1S/C6H13FNO2PS2/c1-3-10-11(9,8(2)6-12)13-5-4-7/h6H,3-5H2,1-2H3. The van der Waals surface area contributed by atoms with Crippen LogP contribution in [0.3, 0.4) is 0 Å². The second-order valence-electron chi connectivity index (χ2n) is 2.09. The first-order valence-corrected chi connectivity index (χ1v) is 7.38. The van der Waals surface area contributed by atoms with Gasteiger partial charge in [0.1, 0.15) is 0 Å². The largest absolute Gasteiger partial charge is 0.353 e. The molecule has 0 aliphatic carbocycles. The van der Waals surface area contributed by atoms with Crippen molar-refractivity contribution in [2.24, 2.45) is 0 Å². The number of hydrogen-bond donors (Lipinski definition) is 0. The molecule has 0 rings (SSSR count). The first-order valence-electron chi connectivity index (χ1n) is 3.74. The lowest BCUT2D eigenvalue weighted by Gasteiger charge is -2.23. The Morgan fingerprint density at radius 1 is 1.77 bits per heavy atom.